The summed E-state index contributed by atoms with van der Waals surface area (Å²) in [6, 6.07) is 6.65. The Morgan fingerprint density at radius 2 is 2.36 bits per heavy atom. The zero-order valence-electron chi connectivity index (χ0n) is 8.46. The number of hydrogen-bond donors (Lipinski definition) is 1. The van der Waals surface area contributed by atoms with E-state index in [2.05, 4.69) is 18.8 Å². The molecule has 0 heterocycles. The average molecular weight is 193 g/mol. The maximum Gasteiger partial charge on any atom is 0.123 e. The molecular formula is C12H16FN. The van der Waals surface area contributed by atoms with E-state index >= 15 is 0 Å². The Balaban J connectivity index is 2.73. The Morgan fingerprint density at radius 1 is 1.57 bits per heavy atom. The van der Waals surface area contributed by atoms with Gasteiger partial charge < -0.3 is 5.32 Å². The van der Waals surface area contributed by atoms with Crippen molar-refractivity contribution in [1.82, 2.24) is 5.32 Å². The first-order valence-electron chi connectivity index (χ1n) is 4.89. The van der Waals surface area contributed by atoms with Crippen molar-refractivity contribution in [3.63, 3.8) is 0 Å². The molecule has 0 fully saturated rings. The van der Waals surface area contributed by atoms with Crippen LogP contribution >= 0.6 is 0 Å². The van der Waals surface area contributed by atoms with Crippen LogP contribution in [0, 0.1) is 5.82 Å². The third kappa shape index (κ3) is 2.96. The molecule has 1 N–H and O–H groups in total. The van der Waals surface area contributed by atoms with Gasteiger partial charge in [0.05, 0.1) is 6.04 Å². The molecule has 76 valence electrons. The van der Waals surface area contributed by atoms with Crippen LogP contribution in [0.4, 0.5) is 4.39 Å². The Kier molecular flexibility index (Phi) is 4.33. The molecule has 0 radical (unpaired) electrons. The van der Waals surface area contributed by atoms with Gasteiger partial charge >= 0.3 is 0 Å². The van der Waals surface area contributed by atoms with Crippen LogP contribution in [0.25, 0.3) is 0 Å². The predicted molar refractivity (Wildman–Crippen MR) is 57.6 cm³/mol. The highest BCUT2D eigenvalue weighted by Gasteiger charge is 2.05. The maximum atomic E-state index is 12.9. The van der Waals surface area contributed by atoms with Crippen molar-refractivity contribution < 1.29 is 4.39 Å². The molecule has 0 spiro atoms. The first kappa shape index (κ1) is 10.9. The minimum atomic E-state index is -0.201. The average Bonchev–Trinajstić information content (AvgIpc) is 2.19. The Bertz CT molecular complexity index is 296. The first-order chi connectivity index (χ1) is 6.77. The third-order valence-corrected chi connectivity index (χ3v) is 2.06. The lowest BCUT2D eigenvalue weighted by Gasteiger charge is -2.14. The van der Waals surface area contributed by atoms with Crippen LogP contribution in [-0.2, 0) is 0 Å². The van der Waals surface area contributed by atoms with Gasteiger partial charge in [-0.25, -0.2) is 4.39 Å². The van der Waals surface area contributed by atoms with Crippen LogP contribution in [-0.4, -0.2) is 6.54 Å². The summed E-state index contributed by atoms with van der Waals surface area (Å²) in [5, 5.41) is 3.28. The molecule has 2 heteroatoms. The van der Waals surface area contributed by atoms with Crippen LogP contribution < -0.4 is 5.32 Å². The van der Waals surface area contributed by atoms with Crippen LogP contribution in [0.3, 0.4) is 0 Å². The second-order valence-corrected chi connectivity index (χ2v) is 3.22. The van der Waals surface area contributed by atoms with Crippen molar-refractivity contribution >= 4 is 0 Å². The molecule has 1 nitrogen and oxygen atoms in total. The zero-order chi connectivity index (χ0) is 10.4. The molecule has 0 aliphatic rings. The van der Waals surface area contributed by atoms with Crippen molar-refractivity contribution in [2.24, 2.45) is 0 Å². The van der Waals surface area contributed by atoms with E-state index in [0.717, 1.165) is 18.5 Å². The molecule has 0 saturated heterocycles. The van der Waals surface area contributed by atoms with E-state index in [4.69, 9.17) is 0 Å². The minimum absolute atomic E-state index is 0.0469. The van der Waals surface area contributed by atoms with Gasteiger partial charge in [0.15, 0.2) is 0 Å². The maximum absolute atomic E-state index is 12.9. The van der Waals surface area contributed by atoms with Crippen molar-refractivity contribution in [3.8, 4) is 0 Å². The Labute approximate surface area is 84.6 Å². The summed E-state index contributed by atoms with van der Waals surface area (Å²) in [5.41, 5.74) is 0.924. The number of nitrogens with one attached hydrogen (secondary N) is 1. The van der Waals surface area contributed by atoms with Gasteiger partial charge in [-0.1, -0.05) is 25.1 Å². The summed E-state index contributed by atoms with van der Waals surface area (Å²) in [7, 11) is 0. The summed E-state index contributed by atoms with van der Waals surface area (Å²) in [5.74, 6) is -0.201. The van der Waals surface area contributed by atoms with Gasteiger partial charge in [0.1, 0.15) is 5.82 Å². The summed E-state index contributed by atoms with van der Waals surface area (Å²) in [4.78, 5) is 0. The topological polar surface area (TPSA) is 12.0 Å². The molecule has 1 unspecified atom stereocenters. The number of rotatable bonds is 5. The second-order valence-electron chi connectivity index (χ2n) is 3.22. The van der Waals surface area contributed by atoms with Crippen molar-refractivity contribution in [2.45, 2.75) is 19.4 Å². The Hall–Kier alpha value is -1.15. The fraction of sp³-hybridized carbons (Fsp3) is 0.333. The van der Waals surface area contributed by atoms with Gasteiger partial charge in [-0.3, -0.25) is 0 Å². The molecule has 1 atom stereocenters. The number of halogens is 1. The quantitative estimate of drug-likeness (QED) is 0.709. The van der Waals surface area contributed by atoms with Gasteiger partial charge in [-0.2, -0.15) is 0 Å². The molecule has 0 amide bonds. The van der Waals surface area contributed by atoms with E-state index in [1.807, 2.05) is 6.07 Å². The second kappa shape index (κ2) is 5.55. The molecule has 0 aliphatic heterocycles. The van der Waals surface area contributed by atoms with Crippen molar-refractivity contribution in [1.29, 1.82) is 0 Å². The normalized spacial score (nSPS) is 12.4. The molecule has 14 heavy (non-hydrogen) atoms. The fourth-order valence-corrected chi connectivity index (χ4v) is 1.34. The van der Waals surface area contributed by atoms with Crippen LogP contribution in [0.1, 0.15) is 24.9 Å². The zero-order valence-corrected chi connectivity index (χ0v) is 8.46. The SMILES string of the molecule is C=CC(NCCC)c1cccc(F)c1. The third-order valence-electron chi connectivity index (χ3n) is 2.06. The standard InChI is InChI=1S/C12H16FN/c1-3-8-14-12(4-2)10-6-5-7-11(13)9-10/h4-7,9,12,14H,2-3,8H2,1H3. The van der Waals surface area contributed by atoms with Crippen molar-refractivity contribution in [3.05, 3.63) is 48.3 Å². The Morgan fingerprint density at radius 3 is 2.93 bits per heavy atom. The van der Waals surface area contributed by atoms with Gasteiger partial charge in [-0.15, -0.1) is 6.58 Å². The lowest BCUT2D eigenvalue weighted by atomic mass is 10.1. The number of benzene rings is 1. The summed E-state index contributed by atoms with van der Waals surface area (Å²) in [6.07, 6.45) is 2.85. The fourth-order valence-electron chi connectivity index (χ4n) is 1.34. The highest BCUT2D eigenvalue weighted by Crippen LogP contribution is 2.14. The summed E-state index contributed by atoms with van der Waals surface area (Å²) < 4.78 is 12.9. The van der Waals surface area contributed by atoms with Crippen LogP contribution in [0.5, 0.6) is 0 Å². The first-order valence-corrected chi connectivity index (χ1v) is 4.89. The van der Waals surface area contributed by atoms with E-state index in [1.54, 1.807) is 12.1 Å². The summed E-state index contributed by atoms with van der Waals surface area (Å²) in [6.45, 7) is 6.74. The lowest BCUT2D eigenvalue weighted by molar-refractivity contribution is 0.596. The van der Waals surface area contributed by atoms with E-state index in [0.29, 0.717) is 0 Å². The molecule has 0 aromatic heterocycles. The largest absolute Gasteiger partial charge is 0.307 e. The summed E-state index contributed by atoms with van der Waals surface area (Å²) >= 11 is 0. The molecule has 1 rings (SSSR count). The van der Waals surface area contributed by atoms with Gasteiger partial charge in [0.25, 0.3) is 0 Å². The van der Waals surface area contributed by atoms with Crippen LogP contribution in [0.15, 0.2) is 36.9 Å². The molecule has 0 aliphatic carbocycles. The van der Waals surface area contributed by atoms with E-state index in [9.17, 15) is 4.39 Å². The van der Waals surface area contributed by atoms with Crippen LogP contribution in [0.2, 0.25) is 0 Å². The van der Waals surface area contributed by atoms with E-state index in [1.165, 1.54) is 12.1 Å². The lowest BCUT2D eigenvalue weighted by Crippen LogP contribution is -2.20. The molecule has 0 bridgehead atoms. The minimum Gasteiger partial charge on any atom is -0.307 e. The molecule has 0 saturated carbocycles. The smallest absolute Gasteiger partial charge is 0.123 e. The highest BCUT2D eigenvalue weighted by molar-refractivity contribution is 5.23. The predicted octanol–water partition coefficient (Wildman–Crippen LogP) is 3.05. The molecule has 1 aromatic carbocycles. The van der Waals surface area contributed by atoms with Gasteiger partial charge in [0.2, 0.25) is 0 Å². The van der Waals surface area contributed by atoms with Gasteiger partial charge in [-0.05, 0) is 30.7 Å². The monoisotopic (exact) mass is 193 g/mol. The van der Waals surface area contributed by atoms with E-state index in [-0.39, 0.29) is 11.9 Å². The van der Waals surface area contributed by atoms with E-state index < -0.39 is 0 Å². The van der Waals surface area contributed by atoms with Crippen molar-refractivity contribution in [2.75, 3.05) is 6.54 Å². The highest BCUT2D eigenvalue weighted by atomic mass is 19.1. The van der Waals surface area contributed by atoms with Gasteiger partial charge in [0, 0.05) is 0 Å². The molecular weight excluding hydrogens is 177 g/mol. The molecule has 1 aromatic rings. The number of hydrogen-bond acceptors (Lipinski definition) is 1.